The molecule has 0 aliphatic heterocycles. The average molecular weight is 337 g/mol. The SMILES string of the molecule is c1ccc2cc(OCCSc3nc4ccccc4s3)ccc2c1. The maximum absolute atomic E-state index is 5.87. The molecule has 2 nitrogen and oxygen atoms in total. The summed E-state index contributed by atoms with van der Waals surface area (Å²) >= 11 is 3.49. The van der Waals surface area contributed by atoms with E-state index in [4.69, 9.17) is 4.74 Å². The molecule has 0 spiro atoms. The molecule has 0 saturated carbocycles. The summed E-state index contributed by atoms with van der Waals surface area (Å²) in [6.07, 6.45) is 0. The second kappa shape index (κ2) is 6.60. The molecule has 0 unspecified atom stereocenters. The predicted molar refractivity (Wildman–Crippen MR) is 99.8 cm³/mol. The van der Waals surface area contributed by atoms with Gasteiger partial charge in [-0.3, -0.25) is 0 Å². The molecule has 4 aromatic rings. The molecule has 4 heteroatoms. The highest BCUT2D eigenvalue weighted by Gasteiger charge is 2.04. The lowest BCUT2D eigenvalue weighted by Crippen LogP contribution is -1.99. The zero-order valence-corrected chi connectivity index (χ0v) is 14.1. The molecule has 1 heterocycles. The van der Waals surface area contributed by atoms with Crippen LogP contribution in [0.3, 0.4) is 0 Å². The monoisotopic (exact) mass is 337 g/mol. The van der Waals surface area contributed by atoms with E-state index in [1.54, 1.807) is 23.1 Å². The molecule has 0 aliphatic rings. The normalized spacial score (nSPS) is 11.1. The smallest absolute Gasteiger partial charge is 0.151 e. The number of fused-ring (bicyclic) bond motifs is 2. The molecule has 0 N–H and O–H groups in total. The number of thiazole rings is 1. The minimum absolute atomic E-state index is 0.679. The van der Waals surface area contributed by atoms with E-state index in [9.17, 15) is 0 Å². The minimum atomic E-state index is 0.679. The lowest BCUT2D eigenvalue weighted by Gasteiger charge is -2.06. The van der Waals surface area contributed by atoms with E-state index in [-0.39, 0.29) is 0 Å². The maximum atomic E-state index is 5.87. The molecular weight excluding hydrogens is 322 g/mol. The maximum Gasteiger partial charge on any atom is 0.151 e. The van der Waals surface area contributed by atoms with Gasteiger partial charge in [-0.05, 0) is 35.0 Å². The number of para-hydroxylation sites is 1. The van der Waals surface area contributed by atoms with Gasteiger partial charge >= 0.3 is 0 Å². The lowest BCUT2D eigenvalue weighted by atomic mass is 10.1. The lowest BCUT2D eigenvalue weighted by molar-refractivity contribution is 0.344. The van der Waals surface area contributed by atoms with Gasteiger partial charge in [-0.2, -0.15) is 0 Å². The Morgan fingerprint density at radius 2 is 1.74 bits per heavy atom. The van der Waals surface area contributed by atoms with Gasteiger partial charge in [0.15, 0.2) is 4.34 Å². The first-order valence-electron chi connectivity index (χ1n) is 7.48. The van der Waals surface area contributed by atoms with E-state index in [1.807, 2.05) is 12.1 Å². The highest BCUT2D eigenvalue weighted by atomic mass is 32.2. The molecule has 0 radical (unpaired) electrons. The Balaban J connectivity index is 1.35. The third kappa shape index (κ3) is 3.33. The van der Waals surface area contributed by atoms with Crippen molar-refractivity contribution in [3.05, 3.63) is 66.7 Å². The highest BCUT2D eigenvalue weighted by molar-refractivity contribution is 8.01. The zero-order valence-electron chi connectivity index (χ0n) is 12.4. The summed E-state index contributed by atoms with van der Waals surface area (Å²) in [4.78, 5) is 4.62. The summed E-state index contributed by atoms with van der Waals surface area (Å²) in [6.45, 7) is 0.679. The predicted octanol–water partition coefficient (Wildman–Crippen LogP) is 5.62. The first kappa shape index (κ1) is 14.5. The molecule has 114 valence electrons. The summed E-state index contributed by atoms with van der Waals surface area (Å²) < 4.78 is 8.21. The first-order valence-corrected chi connectivity index (χ1v) is 9.29. The molecule has 4 rings (SSSR count). The van der Waals surface area contributed by atoms with Crippen LogP contribution in [-0.2, 0) is 0 Å². The summed E-state index contributed by atoms with van der Waals surface area (Å²) in [7, 11) is 0. The number of nitrogens with zero attached hydrogens (tertiary/aromatic N) is 1. The van der Waals surface area contributed by atoms with Crippen LogP contribution < -0.4 is 4.74 Å². The van der Waals surface area contributed by atoms with Gasteiger partial charge in [0.1, 0.15) is 5.75 Å². The average Bonchev–Trinajstić information content (AvgIpc) is 3.01. The summed E-state index contributed by atoms with van der Waals surface area (Å²) in [5.41, 5.74) is 1.08. The van der Waals surface area contributed by atoms with E-state index < -0.39 is 0 Å². The molecule has 1 aromatic heterocycles. The van der Waals surface area contributed by atoms with Crippen LogP contribution in [0.2, 0.25) is 0 Å². The van der Waals surface area contributed by atoms with Gasteiger partial charge in [0, 0.05) is 5.75 Å². The number of hydrogen-bond acceptors (Lipinski definition) is 4. The Bertz CT molecular complexity index is 915. The van der Waals surface area contributed by atoms with E-state index >= 15 is 0 Å². The topological polar surface area (TPSA) is 22.1 Å². The molecule has 0 amide bonds. The van der Waals surface area contributed by atoms with Crippen molar-refractivity contribution in [2.45, 2.75) is 4.34 Å². The van der Waals surface area contributed by atoms with Gasteiger partial charge in [-0.1, -0.05) is 54.2 Å². The number of thioether (sulfide) groups is 1. The van der Waals surface area contributed by atoms with E-state index in [0.29, 0.717) is 6.61 Å². The molecule has 0 aliphatic carbocycles. The van der Waals surface area contributed by atoms with Crippen molar-refractivity contribution in [2.24, 2.45) is 0 Å². The molecule has 3 aromatic carbocycles. The van der Waals surface area contributed by atoms with Gasteiger partial charge in [0.2, 0.25) is 0 Å². The fourth-order valence-electron chi connectivity index (χ4n) is 2.46. The minimum Gasteiger partial charge on any atom is -0.493 e. The Labute approximate surface area is 143 Å². The van der Waals surface area contributed by atoms with Gasteiger partial charge in [-0.25, -0.2) is 4.98 Å². The number of ether oxygens (including phenoxy) is 1. The Morgan fingerprint density at radius 1 is 0.913 bits per heavy atom. The molecule has 0 atom stereocenters. The Morgan fingerprint density at radius 3 is 2.65 bits per heavy atom. The van der Waals surface area contributed by atoms with Crippen molar-refractivity contribution in [1.29, 1.82) is 0 Å². The van der Waals surface area contributed by atoms with Crippen molar-refractivity contribution in [3.63, 3.8) is 0 Å². The van der Waals surface area contributed by atoms with E-state index in [1.165, 1.54) is 15.5 Å². The molecule has 0 saturated heterocycles. The fraction of sp³-hybridized carbons (Fsp3) is 0.105. The number of aromatic nitrogens is 1. The van der Waals surface area contributed by atoms with Crippen LogP contribution in [0.4, 0.5) is 0 Å². The second-order valence-corrected chi connectivity index (χ2v) is 7.53. The fourth-order valence-corrected chi connectivity index (χ4v) is 4.41. The van der Waals surface area contributed by atoms with Crippen LogP contribution in [0.5, 0.6) is 5.75 Å². The van der Waals surface area contributed by atoms with Gasteiger partial charge in [0.25, 0.3) is 0 Å². The standard InChI is InChI=1S/C19H15NOS2/c1-2-6-15-13-16(10-9-14(15)5-1)21-11-12-22-19-20-17-7-3-4-8-18(17)23-19/h1-10,13H,11-12H2. The third-order valence-corrected chi connectivity index (χ3v) is 5.72. The van der Waals surface area contributed by atoms with Crippen LogP contribution in [0.1, 0.15) is 0 Å². The Hall–Kier alpha value is -2.04. The van der Waals surface area contributed by atoms with Gasteiger partial charge < -0.3 is 4.74 Å². The van der Waals surface area contributed by atoms with Crippen LogP contribution in [-0.4, -0.2) is 17.3 Å². The number of hydrogen-bond donors (Lipinski definition) is 0. The summed E-state index contributed by atoms with van der Waals surface area (Å²) in [5.74, 6) is 1.82. The highest BCUT2D eigenvalue weighted by Crippen LogP contribution is 2.29. The third-order valence-electron chi connectivity index (χ3n) is 3.57. The van der Waals surface area contributed by atoms with Gasteiger partial charge in [-0.15, -0.1) is 11.3 Å². The molecule has 0 bridgehead atoms. The van der Waals surface area contributed by atoms with Gasteiger partial charge in [0.05, 0.1) is 16.8 Å². The Kier molecular flexibility index (Phi) is 4.18. The van der Waals surface area contributed by atoms with E-state index in [0.717, 1.165) is 21.4 Å². The number of benzene rings is 3. The second-order valence-electron chi connectivity index (χ2n) is 5.15. The van der Waals surface area contributed by atoms with Crippen molar-refractivity contribution in [2.75, 3.05) is 12.4 Å². The van der Waals surface area contributed by atoms with Crippen LogP contribution >= 0.6 is 23.1 Å². The number of rotatable bonds is 5. The summed E-state index contributed by atoms with van der Waals surface area (Å²) in [5, 5.41) is 2.45. The molecule has 23 heavy (non-hydrogen) atoms. The first-order chi connectivity index (χ1) is 11.4. The van der Waals surface area contributed by atoms with Crippen molar-refractivity contribution in [1.82, 2.24) is 4.98 Å². The van der Waals surface area contributed by atoms with Crippen LogP contribution in [0, 0.1) is 0 Å². The van der Waals surface area contributed by atoms with Crippen molar-refractivity contribution >= 4 is 44.1 Å². The van der Waals surface area contributed by atoms with Crippen LogP contribution in [0.25, 0.3) is 21.0 Å². The zero-order chi connectivity index (χ0) is 15.5. The van der Waals surface area contributed by atoms with E-state index in [2.05, 4.69) is 59.6 Å². The van der Waals surface area contributed by atoms with Crippen molar-refractivity contribution < 1.29 is 4.74 Å². The summed E-state index contributed by atoms with van der Waals surface area (Å²) in [6, 6.07) is 22.8. The largest absolute Gasteiger partial charge is 0.493 e. The molecular formula is C19H15NOS2. The molecule has 0 fully saturated rings. The quantitative estimate of drug-likeness (QED) is 0.348. The van der Waals surface area contributed by atoms with Crippen molar-refractivity contribution in [3.8, 4) is 5.75 Å². The van der Waals surface area contributed by atoms with Crippen LogP contribution in [0.15, 0.2) is 71.1 Å².